The van der Waals surface area contributed by atoms with Crippen LogP contribution in [0, 0.1) is 0 Å². The standard InChI is InChI=1S/C21H26N4O3/c26-17-5-4-16(19(27)24-17)25-12-14-3-1-2-13(18(14)20(25)28)10-22-15-6-7-21(8-9-21)23-11-15/h1-3,15-16,22-23H,4-12H2,(H,24,26,27). The lowest BCUT2D eigenvalue weighted by Gasteiger charge is -2.31. The highest BCUT2D eigenvalue weighted by Crippen LogP contribution is 2.41. The van der Waals surface area contributed by atoms with Gasteiger partial charge in [-0.15, -0.1) is 0 Å². The van der Waals surface area contributed by atoms with Gasteiger partial charge in [-0.05, 0) is 43.2 Å². The number of nitrogens with zero attached hydrogens (tertiary/aromatic N) is 1. The van der Waals surface area contributed by atoms with E-state index < -0.39 is 6.04 Å². The number of amides is 3. The summed E-state index contributed by atoms with van der Waals surface area (Å²) in [6.07, 6.45) is 5.67. The van der Waals surface area contributed by atoms with E-state index in [9.17, 15) is 14.4 Å². The minimum absolute atomic E-state index is 0.0967. The number of carbonyl (C=O) groups is 3. The number of hydrogen-bond donors (Lipinski definition) is 3. The minimum Gasteiger partial charge on any atom is -0.322 e. The summed E-state index contributed by atoms with van der Waals surface area (Å²) in [5, 5.41) is 9.63. The Morgan fingerprint density at radius 2 is 2.00 bits per heavy atom. The van der Waals surface area contributed by atoms with Gasteiger partial charge in [0.25, 0.3) is 5.91 Å². The molecule has 7 heteroatoms. The lowest BCUT2D eigenvalue weighted by Crippen LogP contribution is -2.52. The molecule has 0 radical (unpaired) electrons. The maximum absolute atomic E-state index is 13.1. The van der Waals surface area contributed by atoms with Gasteiger partial charge in [-0.25, -0.2) is 0 Å². The topological polar surface area (TPSA) is 90.5 Å². The van der Waals surface area contributed by atoms with Crippen molar-refractivity contribution in [3.05, 3.63) is 34.9 Å². The van der Waals surface area contributed by atoms with Crippen molar-refractivity contribution in [2.45, 2.75) is 69.2 Å². The molecular formula is C21H26N4O3. The quantitative estimate of drug-likeness (QED) is 0.671. The monoisotopic (exact) mass is 382 g/mol. The van der Waals surface area contributed by atoms with Crippen molar-refractivity contribution in [1.29, 1.82) is 0 Å². The molecule has 3 fully saturated rings. The number of rotatable bonds is 4. The van der Waals surface area contributed by atoms with Gasteiger partial charge in [0.1, 0.15) is 6.04 Å². The molecule has 2 unspecified atom stereocenters. The fourth-order valence-corrected chi connectivity index (χ4v) is 4.82. The minimum atomic E-state index is -0.560. The number of piperidine rings is 2. The highest BCUT2D eigenvalue weighted by molar-refractivity contribution is 6.05. The van der Waals surface area contributed by atoms with Gasteiger partial charge >= 0.3 is 0 Å². The van der Waals surface area contributed by atoms with Crippen LogP contribution in [0.2, 0.25) is 0 Å². The zero-order chi connectivity index (χ0) is 19.3. The van der Waals surface area contributed by atoms with E-state index in [1.165, 1.54) is 25.7 Å². The van der Waals surface area contributed by atoms with E-state index in [4.69, 9.17) is 0 Å². The molecule has 28 heavy (non-hydrogen) atoms. The van der Waals surface area contributed by atoms with Crippen LogP contribution in [0.4, 0.5) is 0 Å². The number of hydrogen-bond acceptors (Lipinski definition) is 5. The Hall–Kier alpha value is -2.25. The number of benzene rings is 1. The molecule has 1 spiro atoms. The average Bonchev–Trinajstić information content (AvgIpc) is 3.36. The molecule has 3 aliphatic heterocycles. The Morgan fingerprint density at radius 3 is 2.71 bits per heavy atom. The van der Waals surface area contributed by atoms with Gasteiger partial charge in [0.05, 0.1) is 0 Å². The number of fused-ring (bicyclic) bond motifs is 1. The molecule has 2 atom stereocenters. The Kier molecular flexibility index (Phi) is 4.25. The third kappa shape index (κ3) is 3.12. The summed E-state index contributed by atoms with van der Waals surface area (Å²) in [6.45, 7) is 2.06. The highest BCUT2D eigenvalue weighted by atomic mass is 16.2. The molecule has 3 N–H and O–H groups in total. The van der Waals surface area contributed by atoms with Crippen molar-refractivity contribution in [2.75, 3.05) is 6.54 Å². The molecule has 1 aromatic carbocycles. The maximum atomic E-state index is 13.1. The lowest BCUT2D eigenvalue weighted by atomic mass is 9.98. The molecule has 1 saturated carbocycles. The van der Waals surface area contributed by atoms with Gasteiger partial charge in [0.15, 0.2) is 0 Å². The molecule has 2 saturated heterocycles. The number of nitrogens with one attached hydrogen (secondary N) is 3. The Labute approximate surface area is 164 Å². The second-order valence-electron chi connectivity index (χ2n) is 8.63. The van der Waals surface area contributed by atoms with Crippen molar-refractivity contribution in [3.63, 3.8) is 0 Å². The molecular weight excluding hydrogens is 356 g/mol. The summed E-state index contributed by atoms with van der Waals surface area (Å²) in [7, 11) is 0. The molecule has 7 nitrogen and oxygen atoms in total. The molecule has 3 amide bonds. The van der Waals surface area contributed by atoms with Gasteiger partial charge in [0.2, 0.25) is 11.8 Å². The fraction of sp³-hybridized carbons (Fsp3) is 0.571. The summed E-state index contributed by atoms with van der Waals surface area (Å²) in [5.41, 5.74) is 3.11. The van der Waals surface area contributed by atoms with Gasteiger partial charge < -0.3 is 15.5 Å². The van der Waals surface area contributed by atoms with Crippen LogP contribution in [0.25, 0.3) is 0 Å². The Balaban J connectivity index is 1.27. The third-order valence-electron chi connectivity index (χ3n) is 6.77. The molecule has 3 heterocycles. The molecule has 148 valence electrons. The van der Waals surface area contributed by atoms with E-state index >= 15 is 0 Å². The summed E-state index contributed by atoms with van der Waals surface area (Å²) in [4.78, 5) is 38.4. The first kappa shape index (κ1) is 17.8. The first-order valence-corrected chi connectivity index (χ1v) is 10.3. The summed E-state index contributed by atoms with van der Waals surface area (Å²) >= 11 is 0. The van der Waals surface area contributed by atoms with Gasteiger partial charge in [-0.2, -0.15) is 0 Å². The van der Waals surface area contributed by atoms with Crippen LogP contribution >= 0.6 is 0 Å². The van der Waals surface area contributed by atoms with Crippen molar-refractivity contribution < 1.29 is 14.4 Å². The summed E-state index contributed by atoms with van der Waals surface area (Å²) in [6, 6.07) is 5.80. The van der Waals surface area contributed by atoms with Crippen LogP contribution in [-0.4, -0.2) is 46.8 Å². The maximum Gasteiger partial charge on any atom is 0.255 e. The zero-order valence-electron chi connectivity index (χ0n) is 15.9. The van der Waals surface area contributed by atoms with Crippen LogP contribution in [0.3, 0.4) is 0 Å². The van der Waals surface area contributed by atoms with Crippen LogP contribution in [0.5, 0.6) is 0 Å². The van der Waals surface area contributed by atoms with Crippen LogP contribution < -0.4 is 16.0 Å². The predicted octanol–water partition coefficient (Wildman–Crippen LogP) is 0.822. The summed E-state index contributed by atoms with van der Waals surface area (Å²) in [5.74, 6) is -0.718. The average molecular weight is 382 g/mol. The van der Waals surface area contributed by atoms with Crippen LogP contribution in [0.1, 0.15) is 60.0 Å². The second kappa shape index (κ2) is 6.67. The third-order valence-corrected chi connectivity index (χ3v) is 6.77. The van der Waals surface area contributed by atoms with E-state index in [2.05, 4.69) is 16.0 Å². The van der Waals surface area contributed by atoms with Gasteiger partial charge in [-0.1, -0.05) is 18.2 Å². The largest absolute Gasteiger partial charge is 0.322 e. The molecule has 1 aliphatic carbocycles. The van der Waals surface area contributed by atoms with Crippen LogP contribution in [0.15, 0.2) is 18.2 Å². The Morgan fingerprint density at radius 1 is 1.14 bits per heavy atom. The molecule has 1 aromatic rings. The van der Waals surface area contributed by atoms with E-state index in [1.807, 2.05) is 18.2 Å². The SMILES string of the molecule is O=C1CCC(N2Cc3cccc(CNC4CCC5(CC5)NC4)c3C2=O)C(=O)N1. The zero-order valence-corrected chi connectivity index (χ0v) is 15.9. The normalized spacial score (nSPS) is 28.4. The molecule has 0 aromatic heterocycles. The van der Waals surface area contributed by atoms with Gasteiger partial charge in [-0.3, -0.25) is 19.7 Å². The van der Waals surface area contributed by atoms with Crippen molar-refractivity contribution in [3.8, 4) is 0 Å². The smallest absolute Gasteiger partial charge is 0.255 e. The number of imide groups is 1. The first-order chi connectivity index (χ1) is 13.5. The molecule has 4 aliphatic rings. The number of carbonyl (C=O) groups excluding carboxylic acids is 3. The van der Waals surface area contributed by atoms with Gasteiger partial charge in [0, 0.05) is 43.2 Å². The van der Waals surface area contributed by atoms with E-state index in [1.54, 1.807) is 4.90 Å². The van der Waals surface area contributed by atoms with Crippen molar-refractivity contribution in [1.82, 2.24) is 20.9 Å². The second-order valence-corrected chi connectivity index (χ2v) is 8.63. The first-order valence-electron chi connectivity index (χ1n) is 10.3. The lowest BCUT2D eigenvalue weighted by molar-refractivity contribution is -0.136. The fourth-order valence-electron chi connectivity index (χ4n) is 4.82. The van der Waals surface area contributed by atoms with E-state index in [0.717, 1.165) is 23.2 Å². The van der Waals surface area contributed by atoms with E-state index in [-0.39, 0.29) is 24.1 Å². The van der Waals surface area contributed by atoms with E-state index in [0.29, 0.717) is 31.1 Å². The molecule has 0 bridgehead atoms. The Bertz CT molecular complexity index is 838. The van der Waals surface area contributed by atoms with Crippen LogP contribution in [-0.2, 0) is 22.7 Å². The highest BCUT2D eigenvalue weighted by Gasteiger charge is 2.44. The van der Waals surface area contributed by atoms with Crippen molar-refractivity contribution in [2.24, 2.45) is 0 Å². The van der Waals surface area contributed by atoms with Crippen molar-refractivity contribution >= 4 is 17.7 Å². The molecule has 5 rings (SSSR count). The predicted molar refractivity (Wildman–Crippen MR) is 102 cm³/mol. The summed E-state index contributed by atoms with van der Waals surface area (Å²) < 4.78 is 0.